The second-order valence-corrected chi connectivity index (χ2v) is 15.5. The average Bonchev–Trinajstić information content (AvgIpc) is 3.71. The number of piperazine rings is 1. The highest BCUT2D eigenvalue weighted by molar-refractivity contribution is 7.92. The van der Waals surface area contributed by atoms with Crippen LogP contribution in [0.15, 0.2) is 24.3 Å². The molecule has 2 aliphatic carbocycles. The lowest BCUT2D eigenvalue weighted by Gasteiger charge is -2.34. The molecule has 4 N–H and O–H groups in total. The third-order valence-corrected chi connectivity index (χ3v) is 10.1. The molecule has 5 rings (SSSR count). The van der Waals surface area contributed by atoms with Gasteiger partial charge in [-0.05, 0) is 66.5 Å². The van der Waals surface area contributed by atoms with E-state index in [0.29, 0.717) is 55.6 Å². The fourth-order valence-electron chi connectivity index (χ4n) is 5.93. The molecule has 1 saturated heterocycles. The first kappa shape index (κ1) is 33.8. The van der Waals surface area contributed by atoms with Gasteiger partial charge < -0.3 is 30.1 Å². The van der Waals surface area contributed by atoms with Crippen molar-refractivity contribution in [1.82, 2.24) is 9.80 Å². The van der Waals surface area contributed by atoms with E-state index in [0.717, 1.165) is 36.3 Å². The lowest BCUT2D eigenvalue weighted by molar-refractivity contribution is -0.136. The summed E-state index contributed by atoms with van der Waals surface area (Å²) in [6, 6.07) is 6.50. The van der Waals surface area contributed by atoms with E-state index < -0.39 is 22.2 Å². The molecule has 13 heteroatoms. The van der Waals surface area contributed by atoms with E-state index >= 15 is 0 Å². The number of anilines is 3. The SMILES string of the molecule is CCS(=O)(=O)Nc1cc(C(C)(C)C)cc(NC(=O)Nc2ccc(OCCN3CCN(CC4CC4)C(=O)C3)c3c2CC(O)C3)c1OC. The smallest absolute Gasteiger partial charge is 0.323 e. The number of urea groups is 1. The number of hydrogen-bond acceptors (Lipinski definition) is 8. The maximum Gasteiger partial charge on any atom is 0.323 e. The number of methoxy groups -OCH3 is 1. The van der Waals surface area contributed by atoms with Gasteiger partial charge >= 0.3 is 6.03 Å². The molecule has 3 aliphatic rings. The summed E-state index contributed by atoms with van der Waals surface area (Å²) in [4.78, 5) is 30.0. The predicted molar refractivity (Wildman–Crippen MR) is 179 cm³/mol. The number of carbonyl (C=O) groups excluding carboxylic acids is 2. The zero-order valence-electron chi connectivity index (χ0n) is 27.4. The van der Waals surface area contributed by atoms with Gasteiger partial charge in [0.15, 0.2) is 5.75 Å². The Morgan fingerprint density at radius 2 is 1.74 bits per heavy atom. The molecule has 1 heterocycles. The monoisotopic (exact) mass is 657 g/mol. The van der Waals surface area contributed by atoms with Crippen molar-refractivity contribution in [3.05, 3.63) is 41.0 Å². The number of hydrogen-bond donors (Lipinski definition) is 4. The number of nitrogens with zero attached hydrogens (tertiary/aromatic N) is 2. The number of aliphatic hydroxyl groups is 1. The van der Waals surface area contributed by atoms with Gasteiger partial charge in [0, 0.05) is 50.3 Å². The largest absolute Gasteiger partial charge is 0.492 e. The van der Waals surface area contributed by atoms with Crippen LogP contribution in [-0.4, -0.2) is 93.6 Å². The molecule has 1 unspecified atom stereocenters. The van der Waals surface area contributed by atoms with Crippen molar-refractivity contribution in [1.29, 1.82) is 0 Å². The molecule has 1 saturated carbocycles. The van der Waals surface area contributed by atoms with Gasteiger partial charge in [-0.25, -0.2) is 13.2 Å². The molecule has 1 aliphatic heterocycles. The third-order valence-electron chi connectivity index (χ3n) is 8.81. The van der Waals surface area contributed by atoms with Crippen LogP contribution in [0.3, 0.4) is 0 Å². The minimum absolute atomic E-state index is 0.118. The zero-order valence-corrected chi connectivity index (χ0v) is 28.3. The van der Waals surface area contributed by atoms with Gasteiger partial charge in [-0.1, -0.05) is 20.8 Å². The lowest BCUT2D eigenvalue weighted by Crippen LogP contribution is -2.51. The molecule has 0 bridgehead atoms. The van der Waals surface area contributed by atoms with Crippen molar-refractivity contribution >= 4 is 39.0 Å². The summed E-state index contributed by atoms with van der Waals surface area (Å²) >= 11 is 0. The molecule has 2 aromatic rings. The molecule has 0 aromatic heterocycles. The van der Waals surface area contributed by atoms with E-state index in [1.807, 2.05) is 25.7 Å². The summed E-state index contributed by atoms with van der Waals surface area (Å²) in [5.41, 5.74) is 3.19. The molecule has 0 radical (unpaired) electrons. The van der Waals surface area contributed by atoms with Crippen LogP contribution in [0.2, 0.25) is 0 Å². The van der Waals surface area contributed by atoms with Crippen molar-refractivity contribution in [2.24, 2.45) is 5.92 Å². The Morgan fingerprint density at radius 1 is 1.04 bits per heavy atom. The van der Waals surface area contributed by atoms with Crippen molar-refractivity contribution in [3.8, 4) is 11.5 Å². The van der Waals surface area contributed by atoms with Crippen LogP contribution in [0, 0.1) is 5.92 Å². The first-order chi connectivity index (χ1) is 21.8. The fourth-order valence-corrected chi connectivity index (χ4v) is 6.56. The van der Waals surface area contributed by atoms with E-state index in [-0.39, 0.29) is 28.5 Å². The number of benzene rings is 2. The first-order valence-corrected chi connectivity index (χ1v) is 17.7. The van der Waals surface area contributed by atoms with Crippen LogP contribution in [0.5, 0.6) is 11.5 Å². The van der Waals surface area contributed by atoms with E-state index in [9.17, 15) is 23.1 Å². The number of nitrogens with one attached hydrogen (secondary N) is 3. The summed E-state index contributed by atoms with van der Waals surface area (Å²) in [5, 5.41) is 16.3. The van der Waals surface area contributed by atoms with E-state index in [4.69, 9.17) is 9.47 Å². The van der Waals surface area contributed by atoms with Gasteiger partial charge in [0.05, 0.1) is 36.9 Å². The van der Waals surface area contributed by atoms with E-state index in [1.54, 1.807) is 31.2 Å². The number of aliphatic hydroxyl groups excluding tert-OH is 1. The van der Waals surface area contributed by atoms with Crippen LogP contribution in [0.25, 0.3) is 0 Å². The van der Waals surface area contributed by atoms with Crippen molar-refractivity contribution < 1.29 is 32.6 Å². The molecule has 0 spiro atoms. The Hall–Kier alpha value is -3.55. The number of sulfonamides is 1. The van der Waals surface area contributed by atoms with Crippen LogP contribution in [0.4, 0.5) is 21.9 Å². The molecule has 12 nitrogen and oxygen atoms in total. The Kier molecular flexibility index (Phi) is 10.0. The Bertz CT molecular complexity index is 1570. The molecular weight excluding hydrogens is 610 g/mol. The van der Waals surface area contributed by atoms with E-state index in [1.165, 1.54) is 20.0 Å². The highest BCUT2D eigenvalue weighted by Crippen LogP contribution is 2.40. The molecule has 46 heavy (non-hydrogen) atoms. The molecule has 1 atom stereocenters. The van der Waals surface area contributed by atoms with Gasteiger partial charge in [-0.2, -0.15) is 0 Å². The van der Waals surface area contributed by atoms with Gasteiger partial charge in [0.25, 0.3) is 0 Å². The van der Waals surface area contributed by atoms with Gasteiger partial charge in [-0.15, -0.1) is 0 Å². The Morgan fingerprint density at radius 3 is 2.39 bits per heavy atom. The van der Waals surface area contributed by atoms with Crippen molar-refractivity contribution in [3.63, 3.8) is 0 Å². The standard InChI is InChI=1S/C33H47N5O7S/c1-6-46(42,43)36-28-16-22(33(2,3)4)15-27(31(28)44-5)35-32(41)34-26-9-10-29(25-18-23(39)17-24(25)26)45-14-13-37-11-12-38(30(40)20-37)19-21-7-8-21/h9-10,15-16,21,23,36,39H,6-8,11-14,17-20H2,1-5H3,(H2,34,35,41). The van der Waals surface area contributed by atoms with Gasteiger partial charge in [0.2, 0.25) is 15.9 Å². The average molecular weight is 658 g/mol. The number of amides is 3. The minimum atomic E-state index is -3.61. The van der Waals surface area contributed by atoms with Crippen LogP contribution >= 0.6 is 0 Å². The maximum atomic E-state index is 13.3. The molecular formula is C33H47N5O7S. The van der Waals surface area contributed by atoms with E-state index in [2.05, 4.69) is 20.3 Å². The molecule has 2 fully saturated rings. The predicted octanol–water partition coefficient (Wildman–Crippen LogP) is 3.79. The highest BCUT2D eigenvalue weighted by atomic mass is 32.2. The zero-order chi connectivity index (χ0) is 33.2. The first-order valence-electron chi connectivity index (χ1n) is 16.0. The second-order valence-electron chi connectivity index (χ2n) is 13.5. The number of carbonyl (C=O) groups is 2. The van der Waals surface area contributed by atoms with Crippen LogP contribution in [-0.2, 0) is 33.1 Å². The van der Waals surface area contributed by atoms with Crippen LogP contribution < -0.4 is 24.8 Å². The summed E-state index contributed by atoms with van der Waals surface area (Å²) in [7, 11) is -2.20. The summed E-state index contributed by atoms with van der Waals surface area (Å²) in [6.45, 7) is 11.4. The molecule has 2 aromatic carbocycles. The third kappa shape index (κ3) is 8.23. The summed E-state index contributed by atoms with van der Waals surface area (Å²) in [5.74, 6) is 1.59. The van der Waals surface area contributed by atoms with Gasteiger partial charge in [-0.3, -0.25) is 14.4 Å². The number of ether oxygens (including phenoxy) is 2. The van der Waals surface area contributed by atoms with Crippen molar-refractivity contribution in [2.75, 3.05) is 67.5 Å². The summed E-state index contributed by atoms with van der Waals surface area (Å²) < 4.78 is 39.1. The maximum absolute atomic E-state index is 13.3. The normalized spacial score (nSPS) is 18.7. The number of rotatable bonds is 12. The lowest BCUT2D eigenvalue weighted by atomic mass is 9.86. The highest BCUT2D eigenvalue weighted by Gasteiger charge is 2.31. The minimum Gasteiger partial charge on any atom is -0.492 e. The second kappa shape index (κ2) is 13.7. The quantitative estimate of drug-likeness (QED) is 0.270. The van der Waals surface area contributed by atoms with Gasteiger partial charge in [0.1, 0.15) is 12.4 Å². The Balaban J connectivity index is 1.26. The fraction of sp³-hybridized carbons (Fsp3) is 0.576. The molecule has 252 valence electrons. The summed E-state index contributed by atoms with van der Waals surface area (Å²) in [6.07, 6.45) is 2.63. The Labute approximate surface area is 271 Å². The number of fused-ring (bicyclic) bond motifs is 1. The van der Waals surface area contributed by atoms with Crippen LogP contribution in [0.1, 0.15) is 57.2 Å². The van der Waals surface area contributed by atoms with Crippen molar-refractivity contribution in [2.45, 2.75) is 64.9 Å². The molecule has 3 amide bonds. The topological polar surface area (TPSA) is 150 Å².